The van der Waals surface area contributed by atoms with Crippen molar-refractivity contribution >= 4 is 0 Å². The van der Waals surface area contributed by atoms with Gasteiger partial charge in [0.1, 0.15) is 0 Å². The van der Waals surface area contributed by atoms with Crippen molar-refractivity contribution in [3.05, 3.63) is 11.3 Å². The molecule has 0 saturated carbocycles. The Balaban J connectivity index is 3.72. The lowest BCUT2D eigenvalue weighted by molar-refractivity contribution is -0.303. The Morgan fingerprint density at radius 3 is 1.86 bits per heavy atom. The van der Waals surface area contributed by atoms with Gasteiger partial charge in [-0.1, -0.05) is 6.92 Å². The topological polar surface area (TPSA) is 27.6 Å². The van der Waals surface area contributed by atoms with Gasteiger partial charge in [-0.25, -0.2) is 0 Å². The highest BCUT2D eigenvalue weighted by atomic mass is 14.6. The van der Waals surface area contributed by atoms with Crippen LogP contribution >= 0.6 is 0 Å². The summed E-state index contributed by atoms with van der Waals surface area (Å²) in [6.45, 7) is 6.30. The molecule has 0 aliphatic rings. The van der Waals surface area contributed by atoms with Gasteiger partial charge in [0, 0.05) is 6.92 Å². The summed E-state index contributed by atoms with van der Waals surface area (Å²) in [5.74, 6) is 0. The Hall–Kier alpha value is -0.300. The minimum atomic E-state index is 1.13. The maximum Gasteiger partial charge on any atom is 0.0996 e. The lowest BCUT2D eigenvalue weighted by Crippen LogP contribution is -2.46. The Labute approximate surface area is 45.2 Å². The number of allylic oxidation sites excluding steroid dienone is 2. The molecule has 42 valence electrons. The zero-order valence-electron chi connectivity index (χ0n) is 5.41. The van der Waals surface area contributed by atoms with Crippen LogP contribution in [0.25, 0.3) is 0 Å². The summed E-state index contributed by atoms with van der Waals surface area (Å²) in [7, 11) is 0. The largest absolute Gasteiger partial charge is 0.329 e. The summed E-state index contributed by atoms with van der Waals surface area (Å²) in [5, 5.41) is 0. The number of rotatable bonds is 1. The SMILES string of the molecule is CC/C(C)=C(\C)[NH3+]. The molecule has 3 N–H and O–H groups in total. The highest BCUT2D eigenvalue weighted by molar-refractivity contribution is 4.98. The third kappa shape index (κ3) is 2.40. The molecule has 0 heterocycles. The molecule has 0 radical (unpaired) electrons. The third-order valence-electron chi connectivity index (χ3n) is 1.26. The number of quaternary nitrogens is 1. The van der Waals surface area contributed by atoms with Crippen LogP contribution in [0.4, 0.5) is 0 Å². The van der Waals surface area contributed by atoms with E-state index in [4.69, 9.17) is 0 Å². The first-order valence-corrected chi connectivity index (χ1v) is 2.66. The Kier molecular flexibility index (Phi) is 2.68. The van der Waals surface area contributed by atoms with E-state index in [-0.39, 0.29) is 0 Å². The van der Waals surface area contributed by atoms with E-state index in [9.17, 15) is 0 Å². The van der Waals surface area contributed by atoms with Crippen LogP contribution in [0.2, 0.25) is 0 Å². The van der Waals surface area contributed by atoms with Crippen LogP contribution in [-0.2, 0) is 0 Å². The maximum atomic E-state index is 3.79. The number of hydrogen-bond donors (Lipinski definition) is 1. The predicted octanol–water partition coefficient (Wildman–Crippen LogP) is 0.932. The molecular weight excluding hydrogens is 86.1 g/mol. The van der Waals surface area contributed by atoms with Crippen LogP contribution in [0.1, 0.15) is 27.2 Å². The maximum absolute atomic E-state index is 3.79. The highest BCUT2D eigenvalue weighted by Gasteiger charge is 1.87. The molecule has 0 aliphatic heterocycles. The summed E-state index contributed by atoms with van der Waals surface area (Å²) in [5.41, 5.74) is 6.40. The molecule has 0 rings (SSSR count). The summed E-state index contributed by atoms with van der Waals surface area (Å²) in [6, 6.07) is 0. The molecule has 7 heavy (non-hydrogen) atoms. The third-order valence-corrected chi connectivity index (χ3v) is 1.26. The molecule has 0 unspecified atom stereocenters. The molecule has 0 fully saturated rings. The first kappa shape index (κ1) is 6.70. The van der Waals surface area contributed by atoms with Crippen LogP contribution in [-0.4, -0.2) is 0 Å². The minimum absolute atomic E-state index is 1.13. The Morgan fingerprint density at radius 2 is 1.86 bits per heavy atom. The fourth-order valence-corrected chi connectivity index (χ4v) is 0.302. The molecule has 0 amide bonds. The van der Waals surface area contributed by atoms with Gasteiger partial charge in [-0.3, -0.25) is 0 Å². The van der Waals surface area contributed by atoms with Gasteiger partial charge < -0.3 is 5.73 Å². The molecule has 0 bridgehead atoms. The smallest absolute Gasteiger partial charge is 0.0996 e. The molecule has 0 aromatic carbocycles. The van der Waals surface area contributed by atoms with Crippen molar-refractivity contribution in [2.45, 2.75) is 27.2 Å². The molecule has 0 aliphatic carbocycles. The first-order chi connectivity index (χ1) is 3.18. The Bertz CT molecular complexity index is 78.2. The normalized spacial score (nSPS) is 13.7. The lowest BCUT2D eigenvalue weighted by atomic mass is 10.2. The van der Waals surface area contributed by atoms with E-state index >= 15 is 0 Å². The van der Waals surface area contributed by atoms with Gasteiger partial charge >= 0.3 is 0 Å². The van der Waals surface area contributed by atoms with Crippen molar-refractivity contribution in [2.24, 2.45) is 0 Å². The summed E-state index contributed by atoms with van der Waals surface area (Å²) in [4.78, 5) is 0. The zero-order chi connectivity index (χ0) is 5.86. The van der Waals surface area contributed by atoms with E-state index in [1.54, 1.807) is 0 Å². The second kappa shape index (κ2) is 2.80. The fourth-order valence-electron chi connectivity index (χ4n) is 0.302. The summed E-state index contributed by atoms with van der Waals surface area (Å²) in [6.07, 6.45) is 1.13. The molecule has 1 nitrogen and oxygen atoms in total. The van der Waals surface area contributed by atoms with Gasteiger partial charge in [0.25, 0.3) is 0 Å². The standard InChI is InChI=1S/C6H13N/c1-4-5(2)6(3)7/h4,7H2,1-3H3/p+1/b6-5+. The van der Waals surface area contributed by atoms with E-state index in [1.165, 1.54) is 11.3 Å². The van der Waals surface area contributed by atoms with Crippen LogP contribution in [0.3, 0.4) is 0 Å². The van der Waals surface area contributed by atoms with Crippen molar-refractivity contribution in [3.8, 4) is 0 Å². The molecule has 0 aromatic rings. The quantitative estimate of drug-likeness (QED) is 0.507. The lowest BCUT2D eigenvalue weighted by Gasteiger charge is -1.90. The molecule has 0 aromatic heterocycles. The van der Waals surface area contributed by atoms with Gasteiger partial charge in [0.15, 0.2) is 0 Å². The minimum Gasteiger partial charge on any atom is -0.329 e. The van der Waals surface area contributed by atoms with Gasteiger partial charge in [0.05, 0.1) is 5.70 Å². The van der Waals surface area contributed by atoms with Crippen LogP contribution in [0.5, 0.6) is 0 Å². The Morgan fingerprint density at radius 1 is 1.43 bits per heavy atom. The second-order valence-electron chi connectivity index (χ2n) is 1.91. The zero-order valence-corrected chi connectivity index (χ0v) is 5.41. The van der Waals surface area contributed by atoms with Crippen molar-refractivity contribution in [3.63, 3.8) is 0 Å². The molecule has 1 heteroatoms. The summed E-state index contributed by atoms with van der Waals surface area (Å²) >= 11 is 0. The molecule has 0 saturated heterocycles. The van der Waals surface area contributed by atoms with E-state index < -0.39 is 0 Å². The van der Waals surface area contributed by atoms with E-state index in [0.717, 1.165) is 6.42 Å². The number of hydrogen-bond acceptors (Lipinski definition) is 0. The molecule has 0 atom stereocenters. The van der Waals surface area contributed by atoms with Crippen LogP contribution in [0.15, 0.2) is 11.3 Å². The highest BCUT2D eigenvalue weighted by Crippen LogP contribution is 1.98. The average molecular weight is 100 g/mol. The molecular formula is C6H14N+. The van der Waals surface area contributed by atoms with Gasteiger partial charge in [-0.05, 0) is 18.9 Å². The van der Waals surface area contributed by atoms with Gasteiger partial charge in [-0.15, -0.1) is 0 Å². The molecule has 0 spiro atoms. The second-order valence-corrected chi connectivity index (χ2v) is 1.91. The van der Waals surface area contributed by atoms with E-state index in [0.29, 0.717) is 0 Å². The summed E-state index contributed by atoms with van der Waals surface area (Å²) < 4.78 is 0. The average Bonchev–Trinajstić information content (AvgIpc) is 1.65. The van der Waals surface area contributed by atoms with E-state index in [2.05, 4.69) is 19.6 Å². The van der Waals surface area contributed by atoms with Crippen molar-refractivity contribution in [1.29, 1.82) is 0 Å². The van der Waals surface area contributed by atoms with Crippen molar-refractivity contribution in [1.82, 2.24) is 0 Å². The van der Waals surface area contributed by atoms with Gasteiger partial charge in [0.2, 0.25) is 0 Å². The predicted molar refractivity (Wildman–Crippen MR) is 31.6 cm³/mol. The van der Waals surface area contributed by atoms with Crippen LogP contribution < -0.4 is 5.73 Å². The van der Waals surface area contributed by atoms with E-state index in [1.807, 2.05) is 6.92 Å². The van der Waals surface area contributed by atoms with Crippen molar-refractivity contribution < 1.29 is 5.73 Å². The van der Waals surface area contributed by atoms with Gasteiger partial charge in [-0.2, -0.15) is 0 Å². The monoisotopic (exact) mass is 100 g/mol. The fraction of sp³-hybridized carbons (Fsp3) is 0.667. The van der Waals surface area contributed by atoms with Crippen LogP contribution in [0, 0.1) is 0 Å². The first-order valence-electron chi connectivity index (χ1n) is 2.66. The van der Waals surface area contributed by atoms with Crippen molar-refractivity contribution in [2.75, 3.05) is 0 Å².